The van der Waals surface area contributed by atoms with Crippen molar-refractivity contribution in [3.63, 3.8) is 0 Å². The number of aliphatic imine (C=N–C) groups is 1. The molecule has 0 unspecified atom stereocenters. The number of guanidine groups is 1. The van der Waals surface area contributed by atoms with Crippen molar-refractivity contribution < 1.29 is 4.42 Å². The third kappa shape index (κ3) is 7.91. The van der Waals surface area contributed by atoms with Crippen LogP contribution in [0.1, 0.15) is 24.2 Å². The summed E-state index contributed by atoms with van der Waals surface area (Å²) in [6.45, 7) is 8.72. The Morgan fingerprint density at radius 3 is 2.41 bits per heavy atom. The Bertz CT molecular complexity index is 693. The Kier molecular flexibility index (Phi) is 9.07. The van der Waals surface area contributed by atoms with Crippen LogP contribution in [-0.4, -0.2) is 68.6 Å². The van der Waals surface area contributed by atoms with E-state index in [9.17, 15) is 0 Å². The molecule has 1 aromatic carbocycles. The largest absolute Gasteiger partial charge is 0.469 e. The first kappa shape index (κ1) is 21.4. The van der Waals surface area contributed by atoms with E-state index in [0.717, 1.165) is 44.2 Å². The number of furan rings is 1. The van der Waals surface area contributed by atoms with E-state index in [1.165, 1.54) is 44.7 Å². The van der Waals surface area contributed by atoms with Crippen molar-refractivity contribution in [3.8, 4) is 0 Å². The molecule has 1 aromatic heterocycles. The lowest BCUT2D eigenvalue weighted by Gasteiger charge is -2.34. The van der Waals surface area contributed by atoms with Gasteiger partial charge in [0.15, 0.2) is 5.96 Å². The highest BCUT2D eigenvalue weighted by Crippen LogP contribution is 2.09. The number of piperazine rings is 1. The fraction of sp³-hybridized carbons (Fsp3) is 0.522. The first-order valence-electron chi connectivity index (χ1n) is 10.8. The number of nitrogens with zero attached hydrogens (tertiary/aromatic N) is 3. The average molecular weight is 398 g/mol. The molecule has 3 rings (SSSR count). The van der Waals surface area contributed by atoms with Gasteiger partial charge in [-0.1, -0.05) is 30.3 Å². The number of nitrogens with one attached hydrogen (secondary N) is 2. The maximum atomic E-state index is 5.35. The Morgan fingerprint density at radius 1 is 0.931 bits per heavy atom. The molecule has 1 aliphatic heterocycles. The number of rotatable bonds is 10. The molecule has 2 heterocycles. The van der Waals surface area contributed by atoms with Gasteiger partial charge in [0.05, 0.1) is 6.26 Å². The summed E-state index contributed by atoms with van der Waals surface area (Å²) < 4.78 is 5.35. The Balaban J connectivity index is 1.21. The zero-order valence-electron chi connectivity index (χ0n) is 17.6. The van der Waals surface area contributed by atoms with Gasteiger partial charge in [0.2, 0.25) is 0 Å². The molecule has 0 atom stereocenters. The molecule has 1 fully saturated rings. The quantitative estimate of drug-likeness (QED) is 0.367. The number of unbranched alkanes of at least 4 members (excludes halogenated alkanes) is 1. The molecule has 1 aliphatic rings. The standard InChI is InChI=1S/C23H35N5O/c1-24-23(26-13-11-22-10-7-19-29-22)25-12-5-6-14-27-15-17-28(18-16-27)20-21-8-3-2-4-9-21/h2-4,7-10,19H,5-6,11-18,20H2,1H3,(H2,24,25,26). The highest BCUT2D eigenvalue weighted by atomic mass is 16.3. The monoisotopic (exact) mass is 397 g/mol. The topological polar surface area (TPSA) is 56.0 Å². The summed E-state index contributed by atoms with van der Waals surface area (Å²) in [4.78, 5) is 9.44. The summed E-state index contributed by atoms with van der Waals surface area (Å²) in [6, 6.07) is 14.7. The molecule has 6 heteroatoms. The van der Waals surface area contributed by atoms with E-state index in [4.69, 9.17) is 4.42 Å². The lowest BCUT2D eigenvalue weighted by molar-refractivity contribution is 0.126. The third-order valence-electron chi connectivity index (χ3n) is 5.38. The molecule has 158 valence electrons. The SMILES string of the molecule is CN=C(NCCCCN1CCN(Cc2ccccc2)CC1)NCCc1ccco1. The highest BCUT2D eigenvalue weighted by Gasteiger charge is 2.16. The predicted molar refractivity (Wildman–Crippen MR) is 119 cm³/mol. The third-order valence-corrected chi connectivity index (χ3v) is 5.38. The highest BCUT2D eigenvalue weighted by molar-refractivity contribution is 5.79. The molecule has 0 amide bonds. The summed E-state index contributed by atoms with van der Waals surface area (Å²) in [5.41, 5.74) is 1.41. The molecule has 0 spiro atoms. The van der Waals surface area contributed by atoms with E-state index in [2.05, 4.69) is 55.8 Å². The first-order valence-corrected chi connectivity index (χ1v) is 10.8. The van der Waals surface area contributed by atoms with Gasteiger partial charge in [-0.2, -0.15) is 0 Å². The van der Waals surface area contributed by atoms with Crippen LogP contribution in [0.2, 0.25) is 0 Å². The van der Waals surface area contributed by atoms with Crippen LogP contribution in [0.4, 0.5) is 0 Å². The van der Waals surface area contributed by atoms with Gasteiger partial charge < -0.3 is 20.0 Å². The maximum absolute atomic E-state index is 5.35. The number of hydrogen-bond donors (Lipinski definition) is 2. The van der Waals surface area contributed by atoms with E-state index in [1.54, 1.807) is 6.26 Å². The van der Waals surface area contributed by atoms with Crippen LogP contribution in [0, 0.1) is 0 Å². The van der Waals surface area contributed by atoms with Gasteiger partial charge in [0, 0.05) is 59.3 Å². The molecule has 2 aromatic rings. The summed E-state index contributed by atoms with van der Waals surface area (Å²) in [7, 11) is 1.82. The Morgan fingerprint density at radius 2 is 1.69 bits per heavy atom. The maximum Gasteiger partial charge on any atom is 0.190 e. The molecule has 29 heavy (non-hydrogen) atoms. The van der Waals surface area contributed by atoms with Gasteiger partial charge >= 0.3 is 0 Å². The van der Waals surface area contributed by atoms with Crippen LogP contribution in [-0.2, 0) is 13.0 Å². The van der Waals surface area contributed by atoms with Gasteiger partial charge in [-0.25, -0.2) is 0 Å². The number of hydrogen-bond acceptors (Lipinski definition) is 4. The second kappa shape index (κ2) is 12.3. The van der Waals surface area contributed by atoms with Crippen molar-refractivity contribution in [2.24, 2.45) is 4.99 Å². The molecule has 2 N–H and O–H groups in total. The van der Waals surface area contributed by atoms with Crippen LogP contribution >= 0.6 is 0 Å². The Hall–Kier alpha value is -2.31. The lowest BCUT2D eigenvalue weighted by Crippen LogP contribution is -2.46. The average Bonchev–Trinajstić information content (AvgIpc) is 3.28. The summed E-state index contributed by atoms with van der Waals surface area (Å²) in [5, 5.41) is 6.74. The van der Waals surface area contributed by atoms with Crippen molar-refractivity contribution in [1.29, 1.82) is 0 Å². The summed E-state index contributed by atoms with van der Waals surface area (Å²) >= 11 is 0. The van der Waals surface area contributed by atoms with Crippen LogP contribution in [0.3, 0.4) is 0 Å². The van der Waals surface area contributed by atoms with Crippen LogP contribution in [0.15, 0.2) is 58.1 Å². The van der Waals surface area contributed by atoms with Crippen molar-refractivity contribution in [2.45, 2.75) is 25.8 Å². The van der Waals surface area contributed by atoms with Gasteiger partial charge in [-0.3, -0.25) is 9.89 Å². The van der Waals surface area contributed by atoms with Gasteiger partial charge in [-0.05, 0) is 37.1 Å². The van der Waals surface area contributed by atoms with Crippen LogP contribution in [0.5, 0.6) is 0 Å². The second-order valence-electron chi connectivity index (χ2n) is 7.57. The second-order valence-corrected chi connectivity index (χ2v) is 7.57. The molecule has 0 radical (unpaired) electrons. The Labute approximate surface area is 175 Å². The molecule has 0 saturated carbocycles. The lowest BCUT2D eigenvalue weighted by atomic mass is 10.2. The minimum Gasteiger partial charge on any atom is -0.469 e. The van der Waals surface area contributed by atoms with Gasteiger partial charge in [0.1, 0.15) is 5.76 Å². The molecule has 0 aliphatic carbocycles. The van der Waals surface area contributed by atoms with E-state index in [0.29, 0.717) is 0 Å². The zero-order chi connectivity index (χ0) is 20.2. The molecule has 6 nitrogen and oxygen atoms in total. The summed E-state index contributed by atoms with van der Waals surface area (Å²) in [5.74, 6) is 1.86. The van der Waals surface area contributed by atoms with Crippen molar-refractivity contribution in [2.75, 3.05) is 52.9 Å². The molecular weight excluding hydrogens is 362 g/mol. The summed E-state index contributed by atoms with van der Waals surface area (Å²) in [6.07, 6.45) is 4.95. The fourth-order valence-electron chi connectivity index (χ4n) is 3.66. The molecule has 1 saturated heterocycles. The van der Waals surface area contributed by atoms with Crippen molar-refractivity contribution >= 4 is 5.96 Å². The van der Waals surface area contributed by atoms with Crippen molar-refractivity contribution in [3.05, 3.63) is 60.1 Å². The van der Waals surface area contributed by atoms with E-state index in [-0.39, 0.29) is 0 Å². The minimum atomic E-state index is 0.820. The normalized spacial score (nSPS) is 16.1. The van der Waals surface area contributed by atoms with E-state index >= 15 is 0 Å². The van der Waals surface area contributed by atoms with Gasteiger partial charge in [-0.15, -0.1) is 0 Å². The first-order chi connectivity index (χ1) is 14.3. The van der Waals surface area contributed by atoms with Crippen LogP contribution in [0.25, 0.3) is 0 Å². The minimum absolute atomic E-state index is 0.820. The predicted octanol–water partition coefficient (Wildman–Crippen LogP) is 2.59. The van der Waals surface area contributed by atoms with E-state index < -0.39 is 0 Å². The van der Waals surface area contributed by atoms with Crippen molar-refractivity contribution in [1.82, 2.24) is 20.4 Å². The van der Waals surface area contributed by atoms with Gasteiger partial charge in [0.25, 0.3) is 0 Å². The zero-order valence-corrected chi connectivity index (χ0v) is 17.6. The van der Waals surface area contributed by atoms with E-state index in [1.807, 2.05) is 19.2 Å². The smallest absolute Gasteiger partial charge is 0.190 e. The number of benzene rings is 1. The fourth-order valence-corrected chi connectivity index (χ4v) is 3.66. The molecular formula is C23H35N5O. The molecule has 0 bridgehead atoms. The van der Waals surface area contributed by atoms with Crippen LogP contribution < -0.4 is 10.6 Å².